The van der Waals surface area contributed by atoms with Crippen molar-refractivity contribution in [3.05, 3.63) is 88.0 Å². The van der Waals surface area contributed by atoms with Crippen LogP contribution in [-0.2, 0) is 6.42 Å². The Kier molecular flexibility index (Phi) is 7.57. The molecule has 44 heavy (non-hydrogen) atoms. The van der Waals surface area contributed by atoms with E-state index >= 15 is 0 Å². The monoisotopic (exact) mass is 626 g/mol. The molecule has 6 aromatic rings. The van der Waals surface area contributed by atoms with Gasteiger partial charge in [0.05, 0.1) is 27.5 Å². The highest BCUT2D eigenvalue weighted by Gasteiger charge is 2.20. The highest BCUT2D eigenvalue weighted by Crippen LogP contribution is 2.33. The summed E-state index contributed by atoms with van der Waals surface area (Å²) in [5.41, 5.74) is 6.02. The van der Waals surface area contributed by atoms with E-state index in [-0.39, 0.29) is 28.6 Å². The Hall–Kier alpha value is -5.14. The lowest BCUT2D eigenvalue weighted by molar-refractivity contribution is 0.101. The lowest BCUT2D eigenvalue weighted by Gasteiger charge is -2.07. The minimum Gasteiger partial charge on any atom is -0.505 e. The largest absolute Gasteiger partial charge is 0.505 e. The molecule has 2 aromatic carbocycles. The lowest BCUT2D eigenvalue weighted by atomic mass is 10.0. The smallest absolute Gasteiger partial charge is 0.280 e. The Labute approximate surface area is 259 Å². The van der Waals surface area contributed by atoms with Crippen LogP contribution in [0.25, 0.3) is 20.4 Å². The number of amides is 2. The average molecular weight is 627 g/mol. The molecule has 0 saturated carbocycles. The number of aromatic nitrogens is 4. The molecule has 4 N–H and O–H groups in total. The second kappa shape index (κ2) is 11.5. The first kappa shape index (κ1) is 29.0. The summed E-state index contributed by atoms with van der Waals surface area (Å²) >= 11 is 2.64. The number of nitrogens with one attached hydrogen (secondary N) is 2. The standard InChI is InChI=1S/C31H26N6O5S2/c1-14-5-6-21-24(16(14)3)35-31(43-21)36-28(40)25-19(38)11-18(13-33-25)10-17-9-15(2)23-22(12-17)44-30(34-23)37-29(41)26-27(39)20(42-4)7-8-32-26/h5-9,11-13,38-39H,10H2,1-4H3,(H,34,37,41)(H,35,36,40). The highest BCUT2D eigenvalue weighted by molar-refractivity contribution is 7.22. The number of anilines is 2. The third kappa shape index (κ3) is 5.50. The van der Waals surface area contributed by atoms with Crippen LogP contribution < -0.4 is 15.4 Å². The Balaban J connectivity index is 1.17. The minimum atomic E-state index is -0.614. The second-order valence-corrected chi connectivity index (χ2v) is 12.2. The molecule has 0 aliphatic rings. The first-order chi connectivity index (χ1) is 21.1. The van der Waals surface area contributed by atoms with Crippen molar-refractivity contribution in [3.8, 4) is 17.2 Å². The number of pyridine rings is 2. The van der Waals surface area contributed by atoms with Crippen LogP contribution >= 0.6 is 22.7 Å². The number of fused-ring (bicyclic) bond motifs is 2. The summed E-state index contributed by atoms with van der Waals surface area (Å²) in [6, 6.07) is 10.9. The Morgan fingerprint density at radius 1 is 0.818 bits per heavy atom. The molecule has 13 heteroatoms. The number of nitrogens with zero attached hydrogens (tertiary/aromatic N) is 4. The van der Waals surface area contributed by atoms with Gasteiger partial charge < -0.3 is 14.9 Å². The van der Waals surface area contributed by atoms with Crippen molar-refractivity contribution < 1.29 is 24.5 Å². The minimum absolute atomic E-state index is 0.0908. The zero-order valence-corrected chi connectivity index (χ0v) is 25.7. The van der Waals surface area contributed by atoms with Crippen LogP contribution in [0.2, 0.25) is 0 Å². The molecule has 0 unspecified atom stereocenters. The van der Waals surface area contributed by atoms with Crippen LogP contribution in [0.1, 0.15) is 48.8 Å². The van der Waals surface area contributed by atoms with Gasteiger partial charge in [0, 0.05) is 18.5 Å². The zero-order valence-electron chi connectivity index (χ0n) is 24.1. The molecular formula is C31H26N6O5S2. The van der Waals surface area contributed by atoms with Gasteiger partial charge in [0.2, 0.25) is 0 Å². The normalized spacial score (nSPS) is 11.2. The lowest BCUT2D eigenvalue weighted by Crippen LogP contribution is -2.14. The molecule has 0 aliphatic carbocycles. The number of aryl methyl sites for hydroxylation is 3. The van der Waals surface area contributed by atoms with E-state index in [2.05, 4.69) is 30.6 Å². The van der Waals surface area contributed by atoms with Crippen LogP contribution in [0.3, 0.4) is 0 Å². The highest BCUT2D eigenvalue weighted by atomic mass is 32.1. The third-order valence-corrected chi connectivity index (χ3v) is 8.99. The van der Waals surface area contributed by atoms with Crippen LogP contribution in [-0.4, -0.2) is 49.1 Å². The van der Waals surface area contributed by atoms with Gasteiger partial charge in [0.25, 0.3) is 11.8 Å². The van der Waals surface area contributed by atoms with E-state index in [1.807, 2.05) is 45.0 Å². The van der Waals surface area contributed by atoms with Gasteiger partial charge in [-0.15, -0.1) is 0 Å². The number of hydrogen-bond donors (Lipinski definition) is 4. The Bertz CT molecular complexity index is 2110. The van der Waals surface area contributed by atoms with E-state index in [1.165, 1.54) is 48.1 Å². The van der Waals surface area contributed by atoms with Crippen molar-refractivity contribution in [1.29, 1.82) is 0 Å². The summed E-state index contributed by atoms with van der Waals surface area (Å²) in [7, 11) is 1.39. The predicted molar refractivity (Wildman–Crippen MR) is 171 cm³/mol. The number of thiazole rings is 2. The first-order valence-corrected chi connectivity index (χ1v) is 15.0. The Morgan fingerprint density at radius 3 is 2.25 bits per heavy atom. The summed E-state index contributed by atoms with van der Waals surface area (Å²) in [6.45, 7) is 5.92. The van der Waals surface area contributed by atoms with Crippen LogP contribution in [0, 0.1) is 20.8 Å². The van der Waals surface area contributed by atoms with Crippen molar-refractivity contribution in [2.45, 2.75) is 27.2 Å². The van der Waals surface area contributed by atoms with Gasteiger partial charge in [-0.05, 0) is 73.2 Å². The zero-order chi connectivity index (χ0) is 31.1. The fourth-order valence-electron chi connectivity index (χ4n) is 4.79. The quantitative estimate of drug-likeness (QED) is 0.163. The molecule has 6 rings (SSSR count). The first-order valence-electron chi connectivity index (χ1n) is 13.4. The van der Waals surface area contributed by atoms with E-state index in [9.17, 15) is 19.8 Å². The molecule has 0 fully saturated rings. The van der Waals surface area contributed by atoms with E-state index in [4.69, 9.17) is 4.74 Å². The molecule has 11 nitrogen and oxygen atoms in total. The number of ether oxygens (including phenoxy) is 1. The number of carbonyl (C=O) groups is 2. The number of benzene rings is 2. The maximum Gasteiger partial charge on any atom is 0.280 e. The van der Waals surface area contributed by atoms with Crippen molar-refractivity contribution in [2.75, 3.05) is 17.7 Å². The third-order valence-electron chi connectivity index (χ3n) is 7.14. The van der Waals surface area contributed by atoms with Gasteiger partial charge in [0.1, 0.15) is 5.75 Å². The number of carbonyl (C=O) groups excluding carboxylic acids is 2. The van der Waals surface area contributed by atoms with Crippen LogP contribution in [0.4, 0.5) is 10.3 Å². The average Bonchev–Trinajstić information content (AvgIpc) is 3.59. The van der Waals surface area contributed by atoms with E-state index in [1.54, 1.807) is 6.20 Å². The van der Waals surface area contributed by atoms with Gasteiger partial charge in [-0.25, -0.2) is 19.9 Å². The van der Waals surface area contributed by atoms with Crippen molar-refractivity contribution >= 4 is 65.2 Å². The summed E-state index contributed by atoms with van der Waals surface area (Å²) in [5.74, 6) is -1.60. The molecular weight excluding hydrogens is 601 g/mol. The van der Waals surface area contributed by atoms with Gasteiger partial charge in [0.15, 0.2) is 33.1 Å². The molecule has 0 bridgehead atoms. The van der Waals surface area contributed by atoms with Gasteiger partial charge in [-0.3, -0.25) is 20.2 Å². The van der Waals surface area contributed by atoms with E-state index < -0.39 is 11.8 Å². The van der Waals surface area contributed by atoms with Crippen LogP contribution in [0.15, 0.2) is 48.8 Å². The number of aromatic hydroxyl groups is 2. The van der Waals surface area contributed by atoms with Crippen molar-refractivity contribution in [2.24, 2.45) is 0 Å². The molecule has 222 valence electrons. The van der Waals surface area contributed by atoms with Gasteiger partial charge in [-0.2, -0.15) is 0 Å². The molecule has 4 aromatic heterocycles. The topological polar surface area (TPSA) is 159 Å². The molecule has 0 radical (unpaired) electrons. The maximum atomic E-state index is 12.9. The predicted octanol–water partition coefficient (Wildman–Crippen LogP) is 6.14. The fraction of sp³-hybridized carbons (Fsp3) is 0.161. The molecule has 0 saturated heterocycles. The number of methoxy groups -OCH3 is 1. The van der Waals surface area contributed by atoms with Gasteiger partial charge in [-0.1, -0.05) is 34.8 Å². The molecule has 4 heterocycles. The van der Waals surface area contributed by atoms with Crippen LogP contribution in [0.5, 0.6) is 17.2 Å². The SMILES string of the molecule is COc1ccnc(C(=O)Nc2nc3c(C)cc(Cc4cnc(C(=O)Nc5nc6c(C)c(C)ccc6s5)c(O)c4)cc3s2)c1O. The summed E-state index contributed by atoms with van der Waals surface area (Å²) in [5, 5.41) is 27.2. The molecule has 0 atom stereocenters. The molecule has 2 amide bonds. The Morgan fingerprint density at radius 2 is 1.52 bits per heavy atom. The van der Waals surface area contributed by atoms with Gasteiger partial charge >= 0.3 is 0 Å². The summed E-state index contributed by atoms with van der Waals surface area (Å²) < 4.78 is 6.86. The summed E-state index contributed by atoms with van der Waals surface area (Å²) in [4.78, 5) is 43.0. The molecule has 0 aliphatic heterocycles. The van der Waals surface area contributed by atoms with E-state index in [0.29, 0.717) is 22.2 Å². The van der Waals surface area contributed by atoms with Crippen molar-refractivity contribution in [1.82, 2.24) is 19.9 Å². The van der Waals surface area contributed by atoms with Crippen molar-refractivity contribution in [3.63, 3.8) is 0 Å². The number of rotatable bonds is 7. The van der Waals surface area contributed by atoms with E-state index in [0.717, 1.165) is 42.7 Å². The second-order valence-electron chi connectivity index (χ2n) is 10.2. The summed E-state index contributed by atoms with van der Waals surface area (Å²) in [6.07, 6.45) is 3.38. The fourth-order valence-corrected chi connectivity index (χ4v) is 6.71. The molecule has 0 spiro atoms. The number of hydrogen-bond acceptors (Lipinski definition) is 11. The maximum absolute atomic E-state index is 12.9.